The number of urea groups is 1. The van der Waals surface area contributed by atoms with Crippen LogP contribution in [0, 0.1) is 6.92 Å². The molecule has 4 amide bonds. The quantitative estimate of drug-likeness (QED) is 0.897. The Morgan fingerprint density at radius 1 is 1.25 bits per heavy atom. The van der Waals surface area contributed by atoms with E-state index in [9.17, 15) is 14.4 Å². The molecule has 24 heavy (non-hydrogen) atoms. The van der Waals surface area contributed by atoms with E-state index in [4.69, 9.17) is 0 Å². The van der Waals surface area contributed by atoms with Gasteiger partial charge in [-0.05, 0) is 37.3 Å². The number of rotatable bonds is 3. The van der Waals surface area contributed by atoms with Gasteiger partial charge in [-0.15, -0.1) is 0 Å². The van der Waals surface area contributed by atoms with Crippen LogP contribution in [0.15, 0.2) is 18.3 Å². The third-order valence-corrected chi connectivity index (χ3v) is 4.72. The summed E-state index contributed by atoms with van der Waals surface area (Å²) in [5.74, 6) is 0.0919. The van der Waals surface area contributed by atoms with Gasteiger partial charge in [-0.1, -0.05) is 6.07 Å². The summed E-state index contributed by atoms with van der Waals surface area (Å²) in [5.41, 5.74) is 2.23. The molecule has 2 saturated heterocycles. The number of piperidine rings is 1. The SMILES string of the molecule is Cc1ccc(C2CCN(C(=O)CN3CCC(=O)NC3=O)CC2)cn1. The first-order valence-electron chi connectivity index (χ1n) is 8.32. The second-order valence-corrected chi connectivity index (χ2v) is 6.41. The van der Waals surface area contributed by atoms with Crippen LogP contribution in [0.2, 0.25) is 0 Å². The molecular formula is C17H22N4O3. The van der Waals surface area contributed by atoms with Crippen molar-refractivity contribution in [3.8, 4) is 0 Å². The summed E-state index contributed by atoms with van der Waals surface area (Å²) in [7, 11) is 0. The van der Waals surface area contributed by atoms with E-state index in [2.05, 4.69) is 16.4 Å². The third kappa shape index (κ3) is 3.72. The molecule has 2 aliphatic heterocycles. The zero-order valence-electron chi connectivity index (χ0n) is 13.8. The van der Waals surface area contributed by atoms with Crippen LogP contribution in [-0.2, 0) is 9.59 Å². The molecule has 2 aliphatic rings. The summed E-state index contributed by atoms with van der Waals surface area (Å²) >= 11 is 0. The predicted octanol–water partition coefficient (Wildman–Crippen LogP) is 1.04. The maximum absolute atomic E-state index is 12.4. The van der Waals surface area contributed by atoms with E-state index in [0.717, 1.165) is 18.5 Å². The van der Waals surface area contributed by atoms with Gasteiger partial charge < -0.3 is 9.80 Å². The highest BCUT2D eigenvalue weighted by Crippen LogP contribution is 2.27. The minimum absolute atomic E-state index is 0.0376. The van der Waals surface area contributed by atoms with Gasteiger partial charge in [0.05, 0.1) is 0 Å². The minimum atomic E-state index is -0.472. The number of likely N-dealkylation sites (tertiary alicyclic amines) is 1. The Hall–Kier alpha value is -2.44. The summed E-state index contributed by atoms with van der Waals surface area (Å²) in [6.45, 7) is 3.69. The van der Waals surface area contributed by atoms with Crippen molar-refractivity contribution in [2.75, 3.05) is 26.2 Å². The largest absolute Gasteiger partial charge is 0.341 e. The second-order valence-electron chi connectivity index (χ2n) is 6.41. The minimum Gasteiger partial charge on any atom is -0.341 e. The standard InChI is InChI=1S/C17H22N4O3/c1-12-2-3-14(10-18-12)13-4-7-20(8-5-13)16(23)11-21-9-6-15(22)19-17(21)24/h2-3,10,13H,4-9,11H2,1H3,(H,19,22,24). The lowest BCUT2D eigenvalue weighted by atomic mass is 9.90. The van der Waals surface area contributed by atoms with Crippen molar-refractivity contribution >= 4 is 17.8 Å². The lowest BCUT2D eigenvalue weighted by molar-refractivity contribution is -0.134. The van der Waals surface area contributed by atoms with Gasteiger partial charge in [0.15, 0.2) is 0 Å². The van der Waals surface area contributed by atoms with Crippen molar-refractivity contribution in [2.45, 2.75) is 32.1 Å². The van der Waals surface area contributed by atoms with Crippen LogP contribution in [0.1, 0.15) is 36.4 Å². The Balaban J connectivity index is 1.51. The van der Waals surface area contributed by atoms with Crippen LogP contribution >= 0.6 is 0 Å². The molecule has 1 aromatic rings. The number of carbonyl (C=O) groups is 3. The first kappa shape index (κ1) is 16.4. The van der Waals surface area contributed by atoms with Crippen molar-refractivity contribution in [3.05, 3.63) is 29.6 Å². The molecular weight excluding hydrogens is 308 g/mol. The number of nitrogens with zero attached hydrogens (tertiary/aromatic N) is 3. The Morgan fingerprint density at radius 2 is 2.00 bits per heavy atom. The van der Waals surface area contributed by atoms with Gasteiger partial charge in [0.2, 0.25) is 11.8 Å². The fraction of sp³-hybridized carbons (Fsp3) is 0.529. The first-order chi connectivity index (χ1) is 11.5. The van der Waals surface area contributed by atoms with Crippen LogP contribution in [0.4, 0.5) is 4.79 Å². The highest BCUT2D eigenvalue weighted by molar-refractivity contribution is 5.98. The molecule has 0 spiro atoms. The van der Waals surface area contributed by atoms with E-state index in [1.165, 1.54) is 10.5 Å². The summed E-state index contributed by atoms with van der Waals surface area (Å²) < 4.78 is 0. The molecule has 128 valence electrons. The van der Waals surface area contributed by atoms with Crippen LogP contribution in [0.5, 0.6) is 0 Å². The predicted molar refractivity (Wildman–Crippen MR) is 87.3 cm³/mol. The normalized spacial score (nSPS) is 19.4. The van der Waals surface area contributed by atoms with Crippen molar-refractivity contribution in [1.82, 2.24) is 20.1 Å². The van der Waals surface area contributed by atoms with Gasteiger partial charge in [0.25, 0.3) is 0 Å². The molecule has 0 unspecified atom stereocenters. The number of imide groups is 1. The van der Waals surface area contributed by atoms with E-state index in [0.29, 0.717) is 25.6 Å². The molecule has 1 N–H and O–H groups in total. The highest BCUT2D eigenvalue weighted by Gasteiger charge is 2.29. The Bertz CT molecular complexity index is 636. The number of carbonyl (C=O) groups excluding carboxylic acids is 3. The van der Waals surface area contributed by atoms with Crippen molar-refractivity contribution in [1.29, 1.82) is 0 Å². The van der Waals surface area contributed by atoms with Crippen LogP contribution in [-0.4, -0.2) is 58.8 Å². The average molecular weight is 330 g/mol. The fourth-order valence-electron chi connectivity index (χ4n) is 3.20. The number of nitrogens with one attached hydrogen (secondary N) is 1. The molecule has 0 atom stereocenters. The van der Waals surface area contributed by atoms with Gasteiger partial charge in [0, 0.05) is 37.9 Å². The first-order valence-corrected chi connectivity index (χ1v) is 8.32. The van der Waals surface area contributed by atoms with Gasteiger partial charge >= 0.3 is 6.03 Å². The van der Waals surface area contributed by atoms with Gasteiger partial charge in [-0.25, -0.2) is 4.79 Å². The van der Waals surface area contributed by atoms with Gasteiger partial charge in [0.1, 0.15) is 6.54 Å². The Morgan fingerprint density at radius 3 is 2.62 bits per heavy atom. The smallest absolute Gasteiger partial charge is 0.324 e. The highest BCUT2D eigenvalue weighted by atomic mass is 16.2. The van der Waals surface area contributed by atoms with E-state index in [1.54, 1.807) is 0 Å². The molecule has 3 heterocycles. The maximum atomic E-state index is 12.4. The topological polar surface area (TPSA) is 82.6 Å². The number of amides is 4. The molecule has 2 fully saturated rings. The molecule has 0 saturated carbocycles. The van der Waals surface area contributed by atoms with E-state index < -0.39 is 6.03 Å². The summed E-state index contributed by atoms with van der Waals surface area (Å²) in [5, 5.41) is 2.24. The number of hydrogen-bond acceptors (Lipinski definition) is 4. The van der Waals surface area contributed by atoms with Crippen molar-refractivity contribution in [3.63, 3.8) is 0 Å². The summed E-state index contributed by atoms with van der Waals surface area (Å²) in [6.07, 6.45) is 3.98. The molecule has 7 heteroatoms. The molecule has 0 aliphatic carbocycles. The zero-order valence-corrected chi connectivity index (χ0v) is 13.8. The summed E-state index contributed by atoms with van der Waals surface area (Å²) in [4.78, 5) is 42.8. The molecule has 0 radical (unpaired) electrons. The number of aromatic nitrogens is 1. The van der Waals surface area contributed by atoms with Crippen LogP contribution < -0.4 is 5.32 Å². The molecule has 3 rings (SSSR count). The van der Waals surface area contributed by atoms with Crippen molar-refractivity contribution < 1.29 is 14.4 Å². The molecule has 0 aromatic carbocycles. The van der Waals surface area contributed by atoms with Gasteiger partial charge in [-0.3, -0.25) is 19.9 Å². The van der Waals surface area contributed by atoms with E-state index in [-0.39, 0.29) is 24.8 Å². The number of hydrogen-bond donors (Lipinski definition) is 1. The average Bonchev–Trinajstić information content (AvgIpc) is 2.58. The zero-order chi connectivity index (χ0) is 17.1. The molecule has 1 aromatic heterocycles. The molecule has 7 nitrogen and oxygen atoms in total. The van der Waals surface area contributed by atoms with E-state index >= 15 is 0 Å². The third-order valence-electron chi connectivity index (χ3n) is 4.72. The van der Waals surface area contributed by atoms with Crippen LogP contribution in [0.3, 0.4) is 0 Å². The monoisotopic (exact) mass is 330 g/mol. The summed E-state index contributed by atoms with van der Waals surface area (Å²) in [6, 6.07) is 3.66. The van der Waals surface area contributed by atoms with Gasteiger partial charge in [-0.2, -0.15) is 0 Å². The fourth-order valence-corrected chi connectivity index (χ4v) is 3.20. The van der Waals surface area contributed by atoms with Crippen LogP contribution in [0.25, 0.3) is 0 Å². The Labute approximate surface area is 141 Å². The maximum Gasteiger partial charge on any atom is 0.324 e. The Kier molecular flexibility index (Phi) is 4.78. The number of pyridine rings is 1. The van der Waals surface area contributed by atoms with Crippen molar-refractivity contribution in [2.24, 2.45) is 0 Å². The lowest BCUT2D eigenvalue weighted by Gasteiger charge is -2.34. The van der Waals surface area contributed by atoms with E-state index in [1.807, 2.05) is 24.1 Å². The second kappa shape index (κ2) is 6.98. The molecule has 0 bridgehead atoms. The number of aryl methyl sites for hydroxylation is 1. The lowest BCUT2D eigenvalue weighted by Crippen LogP contribution is -2.53.